The summed E-state index contributed by atoms with van der Waals surface area (Å²) in [7, 11) is 0. The summed E-state index contributed by atoms with van der Waals surface area (Å²) in [6.45, 7) is 0.597. The van der Waals surface area contributed by atoms with Gasteiger partial charge in [-0.1, -0.05) is 0 Å². The van der Waals surface area contributed by atoms with E-state index in [1.807, 2.05) is 0 Å². The molecule has 0 aliphatic heterocycles. The van der Waals surface area contributed by atoms with E-state index in [4.69, 9.17) is 4.79 Å². The third kappa shape index (κ3) is 4.12. The molecule has 0 amide bonds. The SMILES string of the molecule is CC(=[OH+])C(F)(F)F.[Ni+2]. The molecule has 0 aromatic heterocycles. The summed E-state index contributed by atoms with van der Waals surface area (Å²) in [6.07, 6.45) is -4.53. The minimum Gasteiger partial charge on any atom is -0.274 e. The Bertz CT molecular complexity index is 87.0. The van der Waals surface area contributed by atoms with Crippen LogP contribution in [0.15, 0.2) is 0 Å². The summed E-state index contributed by atoms with van der Waals surface area (Å²) in [6, 6.07) is 0. The van der Waals surface area contributed by atoms with Crippen molar-refractivity contribution < 1.29 is 34.5 Å². The first-order valence-corrected chi connectivity index (χ1v) is 1.54. The Labute approximate surface area is 54.2 Å². The van der Waals surface area contributed by atoms with Crippen molar-refractivity contribution in [2.75, 3.05) is 0 Å². The number of ketones is 1. The molecule has 0 aromatic carbocycles. The van der Waals surface area contributed by atoms with Crippen LogP contribution in [0.1, 0.15) is 6.92 Å². The number of carbonyl (C=O) groups excluding carboxylic acids is 1. The minimum absolute atomic E-state index is 0. The van der Waals surface area contributed by atoms with Crippen molar-refractivity contribution in [3.8, 4) is 0 Å². The Morgan fingerprint density at radius 1 is 1.38 bits per heavy atom. The van der Waals surface area contributed by atoms with Crippen molar-refractivity contribution in [3.05, 3.63) is 0 Å². The molecule has 0 aliphatic rings. The van der Waals surface area contributed by atoms with Gasteiger partial charge in [-0.05, 0) is 0 Å². The van der Waals surface area contributed by atoms with Gasteiger partial charge in [0.2, 0.25) is 0 Å². The fraction of sp³-hybridized carbons (Fsp3) is 0.667. The maximum atomic E-state index is 10.9. The van der Waals surface area contributed by atoms with Gasteiger partial charge in [0.15, 0.2) is 0 Å². The van der Waals surface area contributed by atoms with Crippen LogP contribution in [0, 0.1) is 0 Å². The van der Waals surface area contributed by atoms with E-state index >= 15 is 0 Å². The normalized spacial score (nSPS) is 10.0. The molecule has 0 atom stereocenters. The average Bonchev–Trinajstić information content (AvgIpc) is 1.31. The molecule has 0 heterocycles. The van der Waals surface area contributed by atoms with Crippen molar-refractivity contribution in [2.45, 2.75) is 13.1 Å². The third-order valence-corrected chi connectivity index (χ3v) is 0.410. The predicted molar refractivity (Wildman–Crippen MR) is 18.7 cm³/mol. The van der Waals surface area contributed by atoms with E-state index in [9.17, 15) is 13.2 Å². The second-order valence-electron chi connectivity index (χ2n) is 1.08. The first-order valence-electron chi connectivity index (χ1n) is 1.54. The molecule has 0 radical (unpaired) electrons. The standard InChI is InChI=1S/C3H3F3O.Ni/c1-2(7)3(4,5)6;/h1H3;/q;+2/p+1. The van der Waals surface area contributed by atoms with Crippen molar-refractivity contribution in [3.63, 3.8) is 0 Å². The Kier molecular flexibility index (Phi) is 4.17. The second-order valence-corrected chi connectivity index (χ2v) is 1.08. The van der Waals surface area contributed by atoms with Gasteiger partial charge in [0.05, 0.1) is 6.92 Å². The molecule has 1 nitrogen and oxygen atoms in total. The molecule has 0 aliphatic carbocycles. The first-order chi connectivity index (χ1) is 2.94. The number of halogens is 3. The van der Waals surface area contributed by atoms with E-state index in [1.54, 1.807) is 0 Å². The number of rotatable bonds is 0. The van der Waals surface area contributed by atoms with Crippen LogP contribution in [-0.4, -0.2) is 16.8 Å². The van der Waals surface area contributed by atoms with Gasteiger partial charge in [-0.15, -0.1) is 0 Å². The predicted octanol–water partition coefficient (Wildman–Crippen LogP) is 1.11. The summed E-state index contributed by atoms with van der Waals surface area (Å²) in [5.74, 6) is -1.51. The van der Waals surface area contributed by atoms with Crippen molar-refractivity contribution in [1.29, 1.82) is 0 Å². The number of alkyl halides is 3. The van der Waals surface area contributed by atoms with Crippen LogP contribution < -0.4 is 0 Å². The van der Waals surface area contributed by atoms with Crippen molar-refractivity contribution >= 4 is 5.78 Å². The monoisotopic (exact) mass is 171 g/mol. The van der Waals surface area contributed by atoms with Gasteiger partial charge >= 0.3 is 28.5 Å². The van der Waals surface area contributed by atoms with Crippen LogP contribution in [0.5, 0.6) is 0 Å². The van der Waals surface area contributed by atoms with Crippen molar-refractivity contribution in [2.24, 2.45) is 0 Å². The molecule has 1 N–H and O–H groups in total. The molecule has 0 saturated heterocycles. The molecule has 50 valence electrons. The van der Waals surface area contributed by atoms with E-state index in [-0.39, 0.29) is 16.5 Å². The Hall–Kier alpha value is -0.0465. The van der Waals surface area contributed by atoms with E-state index in [0.717, 1.165) is 0 Å². The molecule has 0 bridgehead atoms. The van der Waals surface area contributed by atoms with Gasteiger partial charge in [-0.25, -0.2) is 0 Å². The zero-order chi connectivity index (χ0) is 6.08. The Morgan fingerprint density at radius 3 is 1.50 bits per heavy atom. The summed E-state index contributed by atoms with van der Waals surface area (Å²) >= 11 is 0. The van der Waals surface area contributed by atoms with Crippen LogP contribution in [0.3, 0.4) is 0 Å². The molecule has 0 aromatic rings. The van der Waals surface area contributed by atoms with E-state index in [1.165, 1.54) is 0 Å². The molecule has 5 heteroatoms. The van der Waals surface area contributed by atoms with Gasteiger partial charge in [-0.3, -0.25) is 4.79 Å². The molecule has 0 saturated carbocycles. The fourth-order valence-corrected chi connectivity index (χ4v) is 0. The topological polar surface area (TPSA) is 21.4 Å². The Morgan fingerprint density at radius 2 is 1.50 bits per heavy atom. The number of hydrogen-bond donors (Lipinski definition) is 0. The zero-order valence-corrected chi connectivity index (χ0v) is 4.88. The van der Waals surface area contributed by atoms with Crippen LogP contribution in [0.4, 0.5) is 13.2 Å². The molecule has 0 rings (SSSR count). The maximum absolute atomic E-state index is 10.9. The Balaban J connectivity index is 0. The van der Waals surface area contributed by atoms with E-state index in [0.29, 0.717) is 6.92 Å². The van der Waals surface area contributed by atoms with Crippen LogP contribution >= 0.6 is 0 Å². The third-order valence-electron chi connectivity index (χ3n) is 0.410. The van der Waals surface area contributed by atoms with Gasteiger partial charge in [-0.2, -0.15) is 13.2 Å². The molecule has 0 fully saturated rings. The summed E-state index contributed by atoms with van der Waals surface area (Å²) in [5, 5.41) is 0. The van der Waals surface area contributed by atoms with E-state index in [2.05, 4.69) is 0 Å². The zero-order valence-electron chi connectivity index (χ0n) is 3.90. The number of hydrogen-bond acceptors (Lipinski definition) is 0. The van der Waals surface area contributed by atoms with E-state index < -0.39 is 12.0 Å². The van der Waals surface area contributed by atoms with Crippen LogP contribution in [0.2, 0.25) is 0 Å². The molecule has 8 heavy (non-hydrogen) atoms. The molecule has 0 spiro atoms. The minimum atomic E-state index is -4.53. The molecular weight excluding hydrogens is 168 g/mol. The molecule has 0 unspecified atom stereocenters. The maximum Gasteiger partial charge on any atom is 2.00 e. The summed E-state index contributed by atoms with van der Waals surface area (Å²) in [5.41, 5.74) is 0. The van der Waals surface area contributed by atoms with Crippen LogP contribution in [-0.2, 0) is 16.5 Å². The average molecular weight is 172 g/mol. The van der Waals surface area contributed by atoms with Gasteiger partial charge in [0.1, 0.15) is 0 Å². The van der Waals surface area contributed by atoms with Gasteiger partial charge in [0.25, 0.3) is 0 Å². The van der Waals surface area contributed by atoms with Crippen molar-refractivity contribution in [1.82, 2.24) is 0 Å². The first kappa shape index (κ1) is 10.8. The quantitative estimate of drug-likeness (QED) is 0.385. The van der Waals surface area contributed by atoms with Gasteiger partial charge < -0.3 is 0 Å². The van der Waals surface area contributed by atoms with Gasteiger partial charge in [0, 0.05) is 0 Å². The fourth-order valence-electron chi connectivity index (χ4n) is 0. The smallest absolute Gasteiger partial charge is 0.274 e. The summed E-state index contributed by atoms with van der Waals surface area (Å²) < 4.78 is 32.7. The van der Waals surface area contributed by atoms with Crippen LogP contribution in [0.25, 0.3) is 0 Å². The summed E-state index contributed by atoms with van der Waals surface area (Å²) in [4.78, 5) is 7.68. The largest absolute Gasteiger partial charge is 2.00 e. The second kappa shape index (κ2) is 3.07. The molecular formula is C3H4F3NiO+3.